The van der Waals surface area contributed by atoms with Crippen LogP contribution in [0.3, 0.4) is 0 Å². The highest BCUT2D eigenvalue weighted by atomic mass is 19.4. The Balaban J connectivity index is 3.08. The van der Waals surface area contributed by atoms with Crippen LogP contribution in [-0.2, 0) is 15.7 Å². The zero-order chi connectivity index (χ0) is 14.6. The van der Waals surface area contributed by atoms with Crippen LogP contribution in [0.15, 0.2) is 18.2 Å². The van der Waals surface area contributed by atoms with E-state index in [2.05, 4.69) is 0 Å². The molecule has 0 bridgehead atoms. The van der Waals surface area contributed by atoms with E-state index in [1.807, 2.05) is 0 Å². The molecule has 0 spiro atoms. The summed E-state index contributed by atoms with van der Waals surface area (Å²) in [7, 11) is 0. The number of esters is 1. The summed E-state index contributed by atoms with van der Waals surface area (Å²) in [5.74, 6) is -2.70. The highest BCUT2D eigenvalue weighted by molar-refractivity contribution is 5.78. The first-order valence-corrected chi connectivity index (χ1v) is 5.84. The second-order valence-corrected chi connectivity index (χ2v) is 3.95. The van der Waals surface area contributed by atoms with Crippen molar-refractivity contribution < 1.29 is 27.1 Å². The molecule has 1 aromatic carbocycles. The molecule has 0 N–H and O–H groups in total. The zero-order valence-corrected chi connectivity index (χ0v) is 10.6. The fourth-order valence-electron chi connectivity index (χ4n) is 1.76. The highest BCUT2D eigenvalue weighted by Crippen LogP contribution is 2.33. The lowest BCUT2D eigenvalue weighted by molar-refractivity contribution is -0.145. The van der Waals surface area contributed by atoms with Crippen LogP contribution in [0.1, 0.15) is 37.3 Å². The van der Waals surface area contributed by atoms with Gasteiger partial charge < -0.3 is 4.74 Å². The maximum atomic E-state index is 13.4. The third kappa shape index (κ3) is 3.68. The SMILES string of the molecule is CCOC(=O)C(CC)c1ccc(C(F)(F)F)c(F)c1. The van der Waals surface area contributed by atoms with Crippen molar-refractivity contribution in [2.75, 3.05) is 6.61 Å². The second-order valence-electron chi connectivity index (χ2n) is 3.95. The van der Waals surface area contributed by atoms with Gasteiger partial charge in [-0.2, -0.15) is 13.2 Å². The first-order valence-electron chi connectivity index (χ1n) is 5.84. The minimum atomic E-state index is -4.74. The predicted octanol–water partition coefficient (Wildman–Crippen LogP) is 3.90. The van der Waals surface area contributed by atoms with Gasteiger partial charge in [-0.25, -0.2) is 4.39 Å². The first kappa shape index (κ1) is 15.5. The van der Waals surface area contributed by atoms with Crippen LogP contribution < -0.4 is 0 Å². The molecule has 0 aromatic heterocycles. The molecule has 0 amide bonds. The van der Waals surface area contributed by atoms with Crippen molar-refractivity contribution in [3.63, 3.8) is 0 Å². The molecular weight excluding hydrogens is 264 g/mol. The van der Waals surface area contributed by atoms with Crippen molar-refractivity contribution >= 4 is 5.97 Å². The molecule has 0 heterocycles. The van der Waals surface area contributed by atoms with Gasteiger partial charge >= 0.3 is 12.1 Å². The number of carbonyl (C=O) groups excluding carboxylic acids is 1. The maximum absolute atomic E-state index is 13.4. The van der Waals surface area contributed by atoms with Crippen molar-refractivity contribution in [1.82, 2.24) is 0 Å². The number of alkyl halides is 3. The fraction of sp³-hybridized carbons (Fsp3) is 0.462. The van der Waals surface area contributed by atoms with Gasteiger partial charge in [-0.05, 0) is 31.0 Å². The quantitative estimate of drug-likeness (QED) is 0.616. The van der Waals surface area contributed by atoms with Crippen molar-refractivity contribution in [2.24, 2.45) is 0 Å². The summed E-state index contributed by atoms with van der Waals surface area (Å²) in [5.41, 5.74) is -1.15. The van der Waals surface area contributed by atoms with Crippen molar-refractivity contribution in [3.05, 3.63) is 35.1 Å². The third-order valence-corrected chi connectivity index (χ3v) is 2.68. The van der Waals surface area contributed by atoms with E-state index in [0.717, 1.165) is 12.1 Å². The van der Waals surface area contributed by atoms with Crippen molar-refractivity contribution in [1.29, 1.82) is 0 Å². The van der Waals surface area contributed by atoms with Gasteiger partial charge in [-0.3, -0.25) is 4.79 Å². The minimum absolute atomic E-state index is 0.165. The number of benzene rings is 1. The van der Waals surface area contributed by atoms with E-state index >= 15 is 0 Å². The summed E-state index contributed by atoms with van der Waals surface area (Å²) in [6.45, 7) is 3.47. The lowest BCUT2D eigenvalue weighted by Crippen LogP contribution is -2.16. The van der Waals surface area contributed by atoms with Crippen LogP contribution in [0.25, 0.3) is 0 Å². The summed E-state index contributed by atoms with van der Waals surface area (Å²) in [4.78, 5) is 11.6. The lowest BCUT2D eigenvalue weighted by atomic mass is 9.95. The normalized spacial score (nSPS) is 13.2. The van der Waals surface area contributed by atoms with Crippen LogP contribution in [0, 0.1) is 5.82 Å². The molecule has 0 fully saturated rings. The molecule has 106 valence electrons. The molecule has 0 saturated carbocycles. The van der Waals surface area contributed by atoms with Gasteiger partial charge in [0.05, 0.1) is 18.1 Å². The van der Waals surface area contributed by atoms with Crippen LogP contribution in [0.2, 0.25) is 0 Å². The molecular formula is C13H14F4O2. The molecule has 1 aromatic rings. The molecule has 0 saturated heterocycles. The Morgan fingerprint density at radius 3 is 2.37 bits per heavy atom. The fourth-order valence-corrected chi connectivity index (χ4v) is 1.76. The predicted molar refractivity (Wildman–Crippen MR) is 61.1 cm³/mol. The molecule has 0 aliphatic heterocycles. The molecule has 0 aliphatic carbocycles. The number of ether oxygens (including phenoxy) is 1. The molecule has 0 radical (unpaired) electrons. The van der Waals surface area contributed by atoms with Gasteiger partial charge in [0.25, 0.3) is 0 Å². The van der Waals surface area contributed by atoms with E-state index in [1.165, 1.54) is 0 Å². The molecule has 6 heteroatoms. The van der Waals surface area contributed by atoms with Gasteiger partial charge in [0, 0.05) is 0 Å². The summed E-state index contributed by atoms with van der Waals surface area (Å²) < 4.78 is 55.5. The topological polar surface area (TPSA) is 26.3 Å². The number of hydrogen-bond acceptors (Lipinski definition) is 2. The van der Waals surface area contributed by atoms with E-state index in [0.29, 0.717) is 12.5 Å². The molecule has 0 aliphatic rings. The largest absolute Gasteiger partial charge is 0.466 e. The van der Waals surface area contributed by atoms with Gasteiger partial charge in [-0.1, -0.05) is 13.0 Å². The highest BCUT2D eigenvalue weighted by Gasteiger charge is 2.34. The van der Waals surface area contributed by atoms with E-state index < -0.39 is 29.4 Å². The number of hydrogen-bond donors (Lipinski definition) is 0. The Morgan fingerprint density at radius 2 is 1.95 bits per heavy atom. The van der Waals surface area contributed by atoms with Gasteiger partial charge in [0.1, 0.15) is 5.82 Å². The number of rotatable bonds is 4. The molecule has 1 atom stereocenters. The maximum Gasteiger partial charge on any atom is 0.419 e. The monoisotopic (exact) mass is 278 g/mol. The van der Waals surface area contributed by atoms with E-state index in [-0.39, 0.29) is 12.2 Å². The smallest absolute Gasteiger partial charge is 0.419 e. The van der Waals surface area contributed by atoms with Crippen LogP contribution in [-0.4, -0.2) is 12.6 Å². The number of halogens is 4. The molecule has 19 heavy (non-hydrogen) atoms. The molecule has 2 nitrogen and oxygen atoms in total. The van der Waals surface area contributed by atoms with Crippen LogP contribution in [0.5, 0.6) is 0 Å². The van der Waals surface area contributed by atoms with E-state index in [9.17, 15) is 22.4 Å². The summed E-state index contributed by atoms with van der Waals surface area (Å²) >= 11 is 0. The summed E-state index contributed by atoms with van der Waals surface area (Å²) in [6.07, 6.45) is -4.42. The van der Waals surface area contributed by atoms with Crippen molar-refractivity contribution in [3.8, 4) is 0 Å². The van der Waals surface area contributed by atoms with Gasteiger partial charge in [-0.15, -0.1) is 0 Å². The Kier molecular flexibility index (Phi) is 4.91. The average molecular weight is 278 g/mol. The molecule has 1 rings (SSSR count). The minimum Gasteiger partial charge on any atom is -0.466 e. The number of carbonyl (C=O) groups is 1. The first-order chi connectivity index (χ1) is 8.81. The lowest BCUT2D eigenvalue weighted by Gasteiger charge is -2.15. The summed E-state index contributed by atoms with van der Waals surface area (Å²) in [6, 6.07) is 2.50. The standard InChI is InChI=1S/C13H14F4O2/c1-3-9(12(18)19-4-2)8-5-6-10(11(14)7-8)13(15,16)17/h5-7,9H,3-4H2,1-2H3. The average Bonchev–Trinajstić information content (AvgIpc) is 2.28. The van der Waals surface area contributed by atoms with E-state index in [4.69, 9.17) is 4.74 Å². The van der Waals surface area contributed by atoms with Crippen LogP contribution >= 0.6 is 0 Å². The van der Waals surface area contributed by atoms with Crippen molar-refractivity contribution in [2.45, 2.75) is 32.4 Å². The van der Waals surface area contributed by atoms with Crippen LogP contribution in [0.4, 0.5) is 17.6 Å². The summed E-state index contributed by atoms with van der Waals surface area (Å²) in [5, 5.41) is 0. The Labute approximate surface area is 108 Å². The van der Waals surface area contributed by atoms with Gasteiger partial charge in [0.15, 0.2) is 0 Å². The van der Waals surface area contributed by atoms with Gasteiger partial charge in [0.2, 0.25) is 0 Å². The van der Waals surface area contributed by atoms with E-state index in [1.54, 1.807) is 13.8 Å². The Morgan fingerprint density at radius 1 is 1.32 bits per heavy atom. The Hall–Kier alpha value is -1.59. The Bertz CT molecular complexity index is 454. The molecule has 1 unspecified atom stereocenters. The second kappa shape index (κ2) is 6.04. The zero-order valence-electron chi connectivity index (χ0n) is 10.6. The third-order valence-electron chi connectivity index (χ3n) is 2.68.